The summed E-state index contributed by atoms with van der Waals surface area (Å²) in [5.41, 5.74) is 1.86. The van der Waals surface area contributed by atoms with Gasteiger partial charge in [-0.05, 0) is 42.3 Å². The second kappa shape index (κ2) is 7.85. The number of hydrogen-bond donors (Lipinski definition) is 1. The van der Waals surface area contributed by atoms with Crippen LogP contribution in [0.1, 0.15) is 36.6 Å². The van der Waals surface area contributed by atoms with Crippen molar-refractivity contribution in [2.75, 3.05) is 11.9 Å². The first kappa shape index (κ1) is 18.8. The molecule has 1 aromatic heterocycles. The highest BCUT2D eigenvalue weighted by molar-refractivity contribution is 6.30. The number of aromatic nitrogens is 1. The van der Waals surface area contributed by atoms with E-state index in [0.29, 0.717) is 22.8 Å². The van der Waals surface area contributed by atoms with Crippen LogP contribution in [0.2, 0.25) is 5.02 Å². The highest BCUT2D eigenvalue weighted by Gasteiger charge is 2.35. The van der Waals surface area contributed by atoms with Gasteiger partial charge in [-0.15, -0.1) is 0 Å². The lowest BCUT2D eigenvalue weighted by Crippen LogP contribution is -2.31. The third-order valence-electron chi connectivity index (χ3n) is 4.67. The molecule has 0 bridgehead atoms. The molecule has 0 radical (unpaired) electrons. The smallest absolute Gasteiger partial charge is 0.261 e. The number of benzene rings is 2. The summed E-state index contributed by atoms with van der Waals surface area (Å²) in [5, 5.41) is 3.10. The van der Waals surface area contributed by atoms with Crippen LogP contribution in [0.15, 0.2) is 66.9 Å². The third kappa shape index (κ3) is 3.88. The number of hydrogen-bond acceptors (Lipinski definition) is 4. The summed E-state index contributed by atoms with van der Waals surface area (Å²) < 4.78 is 0. The lowest BCUT2D eigenvalue weighted by atomic mass is 10.1. The first-order valence-electron chi connectivity index (χ1n) is 9.00. The molecular formula is C22H16ClN3O3. The molecule has 0 unspecified atom stereocenters. The highest BCUT2D eigenvalue weighted by atomic mass is 35.5. The number of pyridine rings is 1. The topological polar surface area (TPSA) is 79.4 Å². The lowest BCUT2D eigenvalue weighted by molar-refractivity contribution is 0.0656. The van der Waals surface area contributed by atoms with Crippen molar-refractivity contribution in [3.63, 3.8) is 0 Å². The van der Waals surface area contributed by atoms with Crippen LogP contribution in [0.25, 0.3) is 0 Å². The molecule has 3 amide bonds. The van der Waals surface area contributed by atoms with Crippen molar-refractivity contribution in [3.05, 3.63) is 94.1 Å². The summed E-state index contributed by atoms with van der Waals surface area (Å²) in [6, 6.07) is 17.3. The van der Waals surface area contributed by atoms with E-state index in [1.54, 1.807) is 12.1 Å². The van der Waals surface area contributed by atoms with Crippen LogP contribution in [0.4, 0.5) is 5.82 Å². The highest BCUT2D eigenvalue weighted by Crippen LogP contribution is 2.25. The fourth-order valence-electron chi connectivity index (χ4n) is 3.16. The van der Waals surface area contributed by atoms with E-state index in [-0.39, 0.29) is 29.5 Å². The van der Waals surface area contributed by atoms with Crippen molar-refractivity contribution in [1.82, 2.24) is 9.88 Å². The average molecular weight is 406 g/mol. The molecule has 2 heterocycles. The van der Waals surface area contributed by atoms with E-state index < -0.39 is 5.91 Å². The van der Waals surface area contributed by atoms with Crippen LogP contribution in [-0.4, -0.2) is 34.2 Å². The Balaban J connectivity index is 1.50. The number of imide groups is 1. The van der Waals surface area contributed by atoms with E-state index in [9.17, 15) is 14.4 Å². The van der Waals surface area contributed by atoms with Gasteiger partial charge >= 0.3 is 0 Å². The van der Waals surface area contributed by atoms with Gasteiger partial charge in [-0.1, -0.05) is 41.9 Å². The zero-order valence-electron chi connectivity index (χ0n) is 15.3. The van der Waals surface area contributed by atoms with Crippen LogP contribution in [0.5, 0.6) is 0 Å². The van der Waals surface area contributed by atoms with Gasteiger partial charge in [0, 0.05) is 18.3 Å². The molecule has 3 aromatic rings. The standard InChI is InChI=1S/C22H16ClN3O3/c23-16-7-9-19(24-13-16)25-20(27)15-6-8-17-18(12-15)22(29)26(21(17)28)11-10-14-4-2-1-3-5-14/h1-9,12-13H,10-11H2,(H,24,25,27). The number of carbonyl (C=O) groups is 3. The average Bonchev–Trinajstić information content (AvgIpc) is 2.98. The molecule has 1 aliphatic rings. The Bertz CT molecular complexity index is 1100. The van der Waals surface area contributed by atoms with E-state index in [4.69, 9.17) is 11.6 Å². The Morgan fingerprint density at radius 3 is 2.45 bits per heavy atom. The van der Waals surface area contributed by atoms with Crippen molar-refractivity contribution in [2.24, 2.45) is 0 Å². The van der Waals surface area contributed by atoms with Crippen LogP contribution >= 0.6 is 11.6 Å². The van der Waals surface area contributed by atoms with Gasteiger partial charge in [-0.3, -0.25) is 19.3 Å². The Hall–Kier alpha value is -3.51. The first-order chi connectivity index (χ1) is 14.0. The van der Waals surface area contributed by atoms with Gasteiger partial charge in [-0.2, -0.15) is 0 Å². The number of amides is 3. The molecule has 7 heteroatoms. The van der Waals surface area contributed by atoms with Gasteiger partial charge in [0.25, 0.3) is 17.7 Å². The van der Waals surface area contributed by atoms with Crippen molar-refractivity contribution >= 4 is 35.1 Å². The minimum atomic E-state index is -0.425. The molecule has 0 saturated carbocycles. The van der Waals surface area contributed by atoms with Crippen molar-refractivity contribution < 1.29 is 14.4 Å². The number of carbonyl (C=O) groups excluding carboxylic acids is 3. The fraction of sp³-hybridized carbons (Fsp3) is 0.0909. The SMILES string of the molecule is O=C(Nc1ccc(Cl)cn1)c1ccc2c(c1)C(=O)N(CCc1ccccc1)C2=O. The van der Waals surface area contributed by atoms with E-state index in [1.165, 1.54) is 29.3 Å². The molecule has 1 N–H and O–H groups in total. The largest absolute Gasteiger partial charge is 0.307 e. The van der Waals surface area contributed by atoms with Gasteiger partial charge in [0.05, 0.1) is 16.1 Å². The number of halogens is 1. The van der Waals surface area contributed by atoms with Gasteiger partial charge in [0.2, 0.25) is 0 Å². The van der Waals surface area contributed by atoms with E-state index in [1.807, 2.05) is 30.3 Å². The Labute approximate surface area is 172 Å². The summed E-state index contributed by atoms with van der Waals surface area (Å²) in [6.45, 7) is 0.284. The number of nitrogens with zero attached hydrogens (tertiary/aromatic N) is 2. The predicted molar refractivity (Wildman–Crippen MR) is 109 cm³/mol. The first-order valence-corrected chi connectivity index (χ1v) is 9.38. The van der Waals surface area contributed by atoms with Crippen LogP contribution in [0, 0.1) is 0 Å². The van der Waals surface area contributed by atoms with Crippen LogP contribution in [-0.2, 0) is 6.42 Å². The van der Waals surface area contributed by atoms with Crippen molar-refractivity contribution in [2.45, 2.75) is 6.42 Å². The summed E-state index contributed by atoms with van der Waals surface area (Å²) in [7, 11) is 0. The molecule has 1 aliphatic heterocycles. The monoisotopic (exact) mass is 405 g/mol. The Morgan fingerprint density at radius 1 is 0.966 bits per heavy atom. The summed E-state index contributed by atoms with van der Waals surface area (Å²) in [5.74, 6) is -0.815. The second-order valence-corrected chi connectivity index (χ2v) is 7.01. The molecule has 6 nitrogen and oxygen atoms in total. The number of nitrogens with one attached hydrogen (secondary N) is 1. The summed E-state index contributed by atoms with van der Waals surface area (Å²) >= 11 is 5.79. The summed E-state index contributed by atoms with van der Waals surface area (Å²) in [6.07, 6.45) is 1.99. The zero-order valence-corrected chi connectivity index (χ0v) is 16.0. The molecule has 0 spiro atoms. The Morgan fingerprint density at radius 2 is 1.72 bits per heavy atom. The maximum atomic E-state index is 12.7. The molecule has 0 saturated heterocycles. The molecule has 0 aliphatic carbocycles. The summed E-state index contributed by atoms with van der Waals surface area (Å²) in [4.78, 5) is 43.1. The van der Waals surface area contributed by atoms with Gasteiger partial charge in [0.15, 0.2) is 0 Å². The number of rotatable bonds is 5. The fourth-order valence-corrected chi connectivity index (χ4v) is 3.27. The predicted octanol–water partition coefficient (Wildman–Crippen LogP) is 3.83. The van der Waals surface area contributed by atoms with Crippen molar-refractivity contribution in [1.29, 1.82) is 0 Å². The minimum Gasteiger partial charge on any atom is -0.307 e. The molecule has 0 atom stereocenters. The molecule has 29 heavy (non-hydrogen) atoms. The quantitative estimate of drug-likeness (QED) is 0.654. The van der Waals surface area contributed by atoms with Crippen molar-refractivity contribution in [3.8, 4) is 0 Å². The van der Waals surface area contributed by atoms with E-state index >= 15 is 0 Å². The molecule has 0 fully saturated rings. The van der Waals surface area contributed by atoms with Crippen LogP contribution < -0.4 is 5.32 Å². The maximum Gasteiger partial charge on any atom is 0.261 e. The van der Waals surface area contributed by atoms with Crippen LogP contribution in [0.3, 0.4) is 0 Å². The molecule has 144 valence electrons. The minimum absolute atomic E-state index is 0.236. The van der Waals surface area contributed by atoms with Gasteiger partial charge in [-0.25, -0.2) is 4.98 Å². The normalized spacial score (nSPS) is 12.8. The molecule has 4 rings (SSSR count). The zero-order chi connectivity index (χ0) is 20.4. The van der Waals surface area contributed by atoms with Gasteiger partial charge < -0.3 is 5.32 Å². The second-order valence-electron chi connectivity index (χ2n) is 6.57. The molecule has 2 aromatic carbocycles. The number of fused-ring (bicyclic) bond motifs is 1. The Kier molecular flexibility index (Phi) is 5.10. The lowest BCUT2D eigenvalue weighted by Gasteiger charge is -2.13. The maximum absolute atomic E-state index is 12.7. The van der Waals surface area contributed by atoms with E-state index in [2.05, 4.69) is 10.3 Å². The third-order valence-corrected chi connectivity index (χ3v) is 4.89. The molecular weight excluding hydrogens is 390 g/mol. The van der Waals surface area contributed by atoms with Gasteiger partial charge in [0.1, 0.15) is 5.82 Å². The number of anilines is 1. The van der Waals surface area contributed by atoms with E-state index in [0.717, 1.165) is 5.56 Å².